The van der Waals surface area contributed by atoms with Crippen LogP contribution in [0, 0.1) is 5.82 Å². The van der Waals surface area contributed by atoms with Crippen LogP contribution in [0.3, 0.4) is 0 Å². The number of esters is 1. The van der Waals surface area contributed by atoms with Gasteiger partial charge in [0.25, 0.3) is 5.91 Å². The summed E-state index contributed by atoms with van der Waals surface area (Å²) in [5.74, 6) is -1.43. The van der Waals surface area contributed by atoms with Crippen LogP contribution in [0.25, 0.3) is 0 Å². The topological polar surface area (TPSA) is 55.4 Å². The fourth-order valence-corrected chi connectivity index (χ4v) is 1.53. The molecule has 0 aromatic heterocycles. The number of halogens is 1. The quantitative estimate of drug-likeness (QED) is 0.655. The predicted molar refractivity (Wildman–Crippen MR) is 69.1 cm³/mol. The fourth-order valence-electron chi connectivity index (χ4n) is 1.53. The van der Waals surface area contributed by atoms with Gasteiger partial charge in [0.05, 0.1) is 7.11 Å². The van der Waals surface area contributed by atoms with Gasteiger partial charge in [-0.2, -0.15) is 0 Å². The van der Waals surface area contributed by atoms with Crippen molar-refractivity contribution in [1.82, 2.24) is 5.32 Å². The van der Waals surface area contributed by atoms with Crippen molar-refractivity contribution in [3.63, 3.8) is 0 Å². The molecule has 0 unspecified atom stereocenters. The second-order valence-electron chi connectivity index (χ2n) is 4.22. The monoisotopic (exact) mass is 265 g/mol. The summed E-state index contributed by atoms with van der Waals surface area (Å²) < 4.78 is 17.4. The number of amides is 1. The first kappa shape index (κ1) is 14.9. The first-order valence-corrected chi connectivity index (χ1v) is 5.72. The molecular weight excluding hydrogens is 249 g/mol. The third-order valence-corrected chi connectivity index (χ3v) is 2.45. The summed E-state index contributed by atoms with van der Waals surface area (Å²) in [6.45, 7) is 5.44. The summed E-state index contributed by atoms with van der Waals surface area (Å²) in [4.78, 5) is 23.4. The summed E-state index contributed by atoms with van der Waals surface area (Å²) in [5.41, 5.74) is 1.02. The van der Waals surface area contributed by atoms with Crippen molar-refractivity contribution in [3.8, 4) is 0 Å². The number of hydrogen-bond acceptors (Lipinski definition) is 3. The molecule has 1 aromatic rings. The summed E-state index contributed by atoms with van der Waals surface area (Å²) in [6, 6.07) is 4.27. The molecule has 0 aliphatic carbocycles. The molecular formula is C14H16FNO3. The summed E-state index contributed by atoms with van der Waals surface area (Å²) in [6.07, 6.45) is 0.291. The molecule has 1 aromatic carbocycles. The van der Waals surface area contributed by atoms with E-state index >= 15 is 0 Å². The van der Waals surface area contributed by atoms with Crippen molar-refractivity contribution < 1.29 is 18.7 Å². The van der Waals surface area contributed by atoms with E-state index in [9.17, 15) is 14.0 Å². The molecule has 1 rings (SSSR count). The number of nitrogens with one attached hydrogen (secondary N) is 1. The highest BCUT2D eigenvalue weighted by Gasteiger charge is 2.22. The second-order valence-corrected chi connectivity index (χ2v) is 4.22. The molecule has 19 heavy (non-hydrogen) atoms. The largest absolute Gasteiger partial charge is 0.467 e. The van der Waals surface area contributed by atoms with Crippen molar-refractivity contribution in [2.24, 2.45) is 0 Å². The average Bonchev–Trinajstić information content (AvgIpc) is 2.37. The highest BCUT2D eigenvalue weighted by atomic mass is 19.1. The average molecular weight is 265 g/mol. The maximum Gasteiger partial charge on any atom is 0.328 e. The van der Waals surface area contributed by atoms with Gasteiger partial charge in [0.1, 0.15) is 11.9 Å². The Balaban J connectivity index is 2.78. The molecule has 0 spiro atoms. The highest BCUT2D eigenvalue weighted by Crippen LogP contribution is 2.07. The number of ether oxygens (including phenoxy) is 1. The number of benzene rings is 1. The standard InChI is InChI=1S/C14H16FNO3/c1-9(2)8-12(14(18)19-3)16-13(17)10-4-6-11(15)7-5-10/h4-7,12H,1,8H2,2-3H3,(H,16,17)/t12-/m1/s1. The lowest BCUT2D eigenvalue weighted by molar-refractivity contribution is -0.142. The maximum absolute atomic E-state index is 12.8. The Hall–Kier alpha value is -2.17. The van der Waals surface area contributed by atoms with E-state index in [2.05, 4.69) is 16.6 Å². The van der Waals surface area contributed by atoms with E-state index < -0.39 is 23.7 Å². The third kappa shape index (κ3) is 4.54. The van der Waals surface area contributed by atoms with Crippen LogP contribution in [-0.4, -0.2) is 25.0 Å². The molecule has 0 fully saturated rings. The number of methoxy groups -OCH3 is 1. The molecule has 5 heteroatoms. The SMILES string of the molecule is C=C(C)C[C@@H](NC(=O)c1ccc(F)cc1)C(=O)OC. The first-order chi connectivity index (χ1) is 8.93. The summed E-state index contributed by atoms with van der Waals surface area (Å²) >= 11 is 0. The molecule has 0 bridgehead atoms. The molecule has 0 saturated carbocycles. The van der Waals surface area contributed by atoms with Crippen LogP contribution in [0.15, 0.2) is 36.4 Å². The Morgan fingerprint density at radius 2 is 1.95 bits per heavy atom. The zero-order chi connectivity index (χ0) is 14.4. The van der Waals surface area contributed by atoms with Crippen molar-refractivity contribution in [3.05, 3.63) is 47.8 Å². The summed E-state index contributed by atoms with van der Waals surface area (Å²) in [5, 5.41) is 2.54. The molecule has 0 aliphatic rings. The normalized spacial score (nSPS) is 11.5. The van der Waals surface area contributed by atoms with E-state index in [-0.39, 0.29) is 5.56 Å². The van der Waals surface area contributed by atoms with Gasteiger partial charge >= 0.3 is 5.97 Å². The predicted octanol–water partition coefficient (Wildman–Crippen LogP) is 2.06. The van der Waals surface area contributed by atoms with Crippen LogP contribution in [0.2, 0.25) is 0 Å². The van der Waals surface area contributed by atoms with E-state index in [1.54, 1.807) is 6.92 Å². The lowest BCUT2D eigenvalue weighted by Gasteiger charge is -2.16. The Labute approximate surface area is 111 Å². The van der Waals surface area contributed by atoms with Crippen LogP contribution < -0.4 is 5.32 Å². The maximum atomic E-state index is 12.8. The Morgan fingerprint density at radius 3 is 2.42 bits per heavy atom. The molecule has 0 radical (unpaired) electrons. The van der Waals surface area contributed by atoms with Gasteiger partial charge in [0.15, 0.2) is 0 Å². The molecule has 0 heterocycles. The molecule has 1 N–H and O–H groups in total. The smallest absolute Gasteiger partial charge is 0.328 e. The highest BCUT2D eigenvalue weighted by molar-refractivity contribution is 5.96. The number of carbonyl (C=O) groups excluding carboxylic acids is 2. The lowest BCUT2D eigenvalue weighted by atomic mass is 10.1. The molecule has 1 amide bonds. The van der Waals surface area contributed by atoms with Gasteiger partial charge in [-0.25, -0.2) is 9.18 Å². The van der Waals surface area contributed by atoms with Crippen LogP contribution in [0.4, 0.5) is 4.39 Å². The van der Waals surface area contributed by atoms with Gasteiger partial charge in [-0.3, -0.25) is 4.79 Å². The Kier molecular flexibility index (Phi) is 5.23. The van der Waals surface area contributed by atoms with Crippen molar-refractivity contribution in [2.75, 3.05) is 7.11 Å². The molecule has 0 aliphatic heterocycles. The second kappa shape index (κ2) is 6.68. The van der Waals surface area contributed by atoms with Gasteiger partial charge in [-0.1, -0.05) is 5.57 Å². The van der Waals surface area contributed by atoms with Gasteiger partial charge in [0.2, 0.25) is 0 Å². The van der Waals surface area contributed by atoms with Gasteiger partial charge in [-0.05, 0) is 37.6 Å². The third-order valence-electron chi connectivity index (χ3n) is 2.45. The minimum absolute atomic E-state index is 0.275. The van der Waals surface area contributed by atoms with E-state index in [4.69, 9.17) is 0 Å². The van der Waals surface area contributed by atoms with Crippen molar-refractivity contribution in [1.29, 1.82) is 0 Å². The Bertz CT molecular complexity index is 482. The van der Waals surface area contributed by atoms with Crippen LogP contribution in [0.5, 0.6) is 0 Å². The van der Waals surface area contributed by atoms with E-state index in [1.165, 1.54) is 31.4 Å². The van der Waals surface area contributed by atoms with E-state index in [0.29, 0.717) is 6.42 Å². The van der Waals surface area contributed by atoms with E-state index in [1.807, 2.05) is 0 Å². The lowest BCUT2D eigenvalue weighted by Crippen LogP contribution is -2.41. The van der Waals surface area contributed by atoms with Crippen LogP contribution in [0.1, 0.15) is 23.7 Å². The zero-order valence-corrected chi connectivity index (χ0v) is 10.9. The van der Waals surface area contributed by atoms with Gasteiger partial charge in [-0.15, -0.1) is 6.58 Å². The molecule has 0 saturated heterocycles. The molecule has 1 atom stereocenters. The van der Waals surface area contributed by atoms with Crippen LogP contribution in [-0.2, 0) is 9.53 Å². The molecule has 102 valence electrons. The van der Waals surface area contributed by atoms with Crippen molar-refractivity contribution in [2.45, 2.75) is 19.4 Å². The van der Waals surface area contributed by atoms with E-state index in [0.717, 1.165) is 5.57 Å². The minimum atomic E-state index is -0.792. The Morgan fingerprint density at radius 1 is 1.37 bits per heavy atom. The van der Waals surface area contributed by atoms with Gasteiger partial charge < -0.3 is 10.1 Å². The van der Waals surface area contributed by atoms with Gasteiger partial charge in [0, 0.05) is 5.56 Å². The number of rotatable bonds is 5. The first-order valence-electron chi connectivity index (χ1n) is 5.72. The van der Waals surface area contributed by atoms with Crippen molar-refractivity contribution >= 4 is 11.9 Å². The fraction of sp³-hybridized carbons (Fsp3) is 0.286. The number of hydrogen-bond donors (Lipinski definition) is 1. The summed E-state index contributed by atoms with van der Waals surface area (Å²) in [7, 11) is 1.25. The molecule has 4 nitrogen and oxygen atoms in total. The number of carbonyl (C=O) groups is 2. The minimum Gasteiger partial charge on any atom is -0.467 e. The zero-order valence-electron chi connectivity index (χ0n) is 10.9. The van der Waals surface area contributed by atoms with Crippen LogP contribution >= 0.6 is 0 Å².